The van der Waals surface area contributed by atoms with Crippen LogP contribution in [0.1, 0.15) is 52.5 Å². The van der Waals surface area contributed by atoms with E-state index in [0.717, 1.165) is 19.3 Å². The Morgan fingerprint density at radius 1 is 0.774 bits per heavy atom. The van der Waals surface area contributed by atoms with Crippen LogP contribution in [-0.4, -0.2) is 23.9 Å². The number of anilines is 1. The molecule has 4 heteroatoms. The Bertz CT molecular complexity index is 1080. The maximum atomic E-state index is 13.5. The zero-order chi connectivity index (χ0) is 22.1. The molecule has 0 saturated heterocycles. The molecule has 2 amide bonds. The second-order valence-corrected chi connectivity index (χ2v) is 7.10. The summed E-state index contributed by atoms with van der Waals surface area (Å²) >= 11 is 0. The maximum absolute atomic E-state index is 13.5. The van der Waals surface area contributed by atoms with E-state index in [-0.39, 0.29) is 11.8 Å². The van der Waals surface area contributed by atoms with Crippen LogP contribution >= 0.6 is 0 Å². The summed E-state index contributed by atoms with van der Waals surface area (Å²) in [5, 5.41) is 2.77. The molecular weight excluding hydrogens is 384 g/mol. The standard InChI is InChI=1S/C27H26N2O2/c1-3-4-5-8-15-22-16-13-14-21-25(22)29(27(31)24-19-11-7-12-20-24)28(2)26(30)23-17-9-6-10-18-23/h6-7,9-14,16-21H,3-5H2,1-2H3. The zero-order valence-electron chi connectivity index (χ0n) is 17.9. The van der Waals surface area contributed by atoms with Crippen molar-refractivity contribution in [1.82, 2.24) is 5.01 Å². The fourth-order valence-electron chi connectivity index (χ4n) is 3.16. The third kappa shape index (κ3) is 5.40. The molecular formula is C27H26N2O2. The van der Waals surface area contributed by atoms with Crippen LogP contribution in [0.4, 0.5) is 5.69 Å². The van der Waals surface area contributed by atoms with Gasteiger partial charge in [0.15, 0.2) is 0 Å². The highest BCUT2D eigenvalue weighted by molar-refractivity contribution is 6.09. The number of hydrogen-bond donors (Lipinski definition) is 0. The van der Waals surface area contributed by atoms with Crippen LogP contribution in [0.2, 0.25) is 0 Å². The summed E-state index contributed by atoms with van der Waals surface area (Å²) in [4.78, 5) is 26.7. The van der Waals surface area contributed by atoms with Gasteiger partial charge in [-0.1, -0.05) is 73.7 Å². The van der Waals surface area contributed by atoms with Crippen molar-refractivity contribution in [2.24, 2.45) is 0 Å². The lowest BCUT2D eigenvalue weighted by atomic mass is 10.1. The maximum Gasteiger partial charge on any atom is 0.277 e. The van der Waals surface area contributed by atoms with Crippen molar-refractivity contribution in [2.75, 3.05) is 12.1 Å². The molecule has 4 nitrogen and oxygen atoms in total. The Balaban J connectivity index is 2.06. The highest BCUT2D eigenvalue weighted by Crippen LogP contribution is 2.24. The van der Waals surface area contributed by atoms with Gasteiger partial charge in [-0.3, -0.25) is 9.59 Å². The fraction of sp³-hybridized carbons (Fsp3) is 0.185. The number of carbonyl (C=O) groups is 2. The predicted molar refractivity (Wildman–Crippen MR) is 125 cm³/mol. The minimum absolute atomic E-state index is 0.279. The van der Waals surface area contributed by atoms with Gasteiger partial charge in [0.25, 0.3) is 11.8 Å². The van der Waals surface area contributed by atoms with Crippen molar-refractivity contribution in [3.05, 3.63) is 102 Å². The number of unbranched alkanes of at least 4 members (excludes halogenated alkanes) is 2. The zero-order valence-corrected chi connectivity index (χ0v) is 17.9. The molecule has 0 heterocycles. The summed E-state index contributed by atoms with van der Waals surface area (Å²) in [6.45, 7) is 2.13. The quantitative estimate of drug-likeness (QED) is 0.314. The third-order valence-corrected chi connectivity index (χ3v) is 4.84. The number of hydrogen-bond acceptors (Lipinski definition) is 2. The summed E-state index contributed by atoms with van der Waals surface area (Å²) in [5.74, 6) is 5.80. The first-order valence-corrected chi connectivity index (χ1v) is 10.4. The van der Waals surface area contributed by atoms with Gasteiger partial charge in [-0.05, 0) is 42.8 Å². The van der Waals surface area contributed by atoms with Gasteiger partial charge in [-0.25, -0.2) is 10.0 Å². The molecule has 3 aromatic rings. The molecule has 31 heavy (non-hydrogen) atoms. The Labute approximate surface area is 184 Å². The minimum atomic E-state index is -0.296. The molecule has 0 spiro atoms. The van der Waals surface area contributed by atoms with Crippen LogP contribution in [0.25, 0.3) is 0 Å². The number of rotatable bonds is 5. The van der Waals surface area contributed by atoms with Crippen molar-refractivity contribution in [3.63, 3.8) is 0 Å². The molecule has 3 aromatic carbocycles. The van der Waals surface area contributed by atoms with E-state index in [2.05, 4.69) is 18.8 Å². The van der Waals surface area contributed by atoms with Crippen molar-refractivity contribution >= 4 is 17.5 Å². The second-order valence-electron chi connectivity index (χ2n) is 7.10. The molecule has 0 aliphatic carbocycles. The molecule has 0 unspecified atom stereocenters. The highest BCUT2D eigenvalue weighted by Gasteiger charge is 2.28. The SMILES string of the molecule is CCCCC#Cc1ccccc1N(C(=O)c1ccccc1)N(C)C(=O)c1ccccc1. The molecule has 0 aliphatic heterocycles. The summed E-state index contributed by atoms with van der Waals surface area (Å²) in [5.41, 5.74) is 2.27. The van der Waals surface area contributed by atoms with Crippen LogP contribution in [0.5, 0.6) is 0 Å². The van der Waals surface area contributed by atoms with Gasteiger partial charge >= 0.3 is 0 Å². The highest BCUT2D eigenvalue weighted by atomic mass is 16.2. The third-order valence-electron chi connectivity index (χ3n) is 4.84. The predicted octanol–water partition coefficient (Wildman–Crippen LogP) is 5.56. The Kier molecular flexibility index (Phi) is 7.61. The number of amides is 2. The minimum Gasteiger partial charge on any atom is -0.267 e. The van der Waals surface area contributed by atoms with E-state index in [4.69, 9.17) is 0 Å². The van der Waals surface area contributed by atoms with E-state index in [1.807, 2.05) is 36.4 Å². The molecule has 0 atom stereocenters. The number of benzene rings is 3. The average molecular weight is 411 g/mol. The molecule has 0 N–H and O–H groups in total. The first-order chi connectivity index (χ1) is 15.1. The summed E-state index contributed by atoms with van der Waals surface area (Å²) in [6, 6.07) is 25.3. The van der Waals surface area contributed by atoms with E-state index in [9.17, 15) is 9.59 Å². The van der Waals surface area contributed by atoms with Gasteiger partial charge in [0.05, 0.1) is 11.3 Å². The second kappa shape index (κ2) is 10.8. The Morgan fingerprint density at radius 2 is 1.32 bits per heavy atom. The first-order valence-electron chi connectivity index (χ1n) is 10.4. The largest absolute Gasteiger partial charge is 0.277 e. The van der Waals surface area contributed by atoms with Gasteiger partial charge in [0.2, 0.25) is 0 Å². The molecule has 0 saturated carbocycles. The molecule has 0 radical (unpaired) electrons. The van der Waals surface area contributed by atoms with Crippen molar-refractivity contribution < 1.29 is 9.59 Å². The van der Waals surface area contributed by atoms with Gasteiger partial charge in [0, 0.05) is 24.6 Å². The normalized spacial score (nSPS) is 10.0. The summed E-state index contributed by atoms with van der Waals surface area (Å²) < 4.78 is 0. The number of para-hydroxylation sites is 1. The smallest absolute Gasteiger partial charge is 0.267 e. The van der Waals surface area contributed by atoms with E-state index >= 15 is 0 Å². The van der Waals surface area contributed by atoms with E-state index < -0.39 is 0 Å². The number of nitrogens with zero attached hydrogens (tertiary/aromatic N) is 2. The van der Waals surface area contributed by atoms with Crippen LogP contribution in [-0.2, 0) is 0 Å². The summed E-state index contributed by atoms with van der Waals surface area (Å²) in [6.07, 6.45) is 2.88. The number of hydrazine groups is 1. The van der Waals surface area contributed by atoms with Gasteiger partial charge < -0.3 is 0 Å². The summed E-state index contributed by atoms with van der Waals surface area (Å²) in [7, 11) is 1.61. The number of carbonyl (C=O) groups excluding carboxylic acids is 2. The van der Waals surface area contributed by atoms with E-state index in [0.29, 0.717) is 22.4 Å². The monoisotopic (exact) mass is 410 g/mol. The van der Waals surface area contributed by atoms with Crippen LogP contribution in [0.3, 0.4) is 0 Å². The van der Waals surface area contributed by atoms with Crippen molar-refractivity contribution in [1.29, 1.82) is 0 Å². The van der Waals surface area contributed by atoms with Gasteiger partial charge in [-0.15, -0.1) is 0 Å². The lowest BCUT2D eigenvalue weighted by molar-refractivity contribution is 0.0717. The Morgan fingerprint density at radius 3 is 1.94 bits per heavy atom. The Hall–Kier alpha value is -3.84. The molecule has 0 aromatic heterocycles. The van der Waals surface area contributed by atoms with Crippen molar-refractivity contribution in [2.45, 2.75) is 26.2 Å². The molecule has 0 aliphatic rings. The molecule has 3 rings (SSSR count). The molecule has 0 bridgehead atoms. The lowest BCUT2D eigenvalue weighted by Gasteiger charge is -2.32. The lowest BCUT2D eigenvalue weighted by Crippen LogP contribution is -2.48. The van der Waals surface area contributed by atoms with E-state index in [1.165, 1.54) is 10.0 Å². The topological polar surface area (TPSA) is 40.6 Å². The average Bonchev–Trinajstić information content (AvgIpc) is 2.83. The van der Waals surface area contributed by atoms with E-state index in [1.54, 1.807) is 55.6 Å². The van der Waals surface area contributed by atoms with Crippen LogP contribution < -0.4 is 5.01 Å². The van der Waals surface area contributed by atoms with Crippen molar-refractivity contribution in [3.8, 4) is 11.8 Å². The van der Waals surface area contributed by atoms with Gasteiger partial charge in [-0.2, -0.15) is 0 Å². The van der Waals surface area contributed by atoms with Crippen LogP contribution in [0.15, 0.2) is 84.9 Å². The fourth-order valence-corrected chi connectivity index (χ4v) is 3.16. The molecule has 156 valence electrons. The van der Waals surface area contributed by atoms with Gasteiger partial charge in [0.1, 0.15) is 0 Å². The van der Waals surface area contributed by atoms with Crippen LogP contribution in [0, 0.1) is 11.8 Å². The first kappa shape index (κ1) is 21.9. The molecule has 0 fully saturated rings.